The molecule has 2 aromatic carbocycles. The van der Waals surface area contributed by atoms with E-state index in [-0.39, 0.29) is 17.1 Å². The third-order valence-electron chi connectivity index (χ3n) is 4.06. The number of aromatic nitrogens is 3. The van der Waals surface area contributed by atoms with Crippen LogP contribution in [-0.2, 0) is 10.2 Å². The van der Waals surface area contributed by atoms with Gasteiger partial charge in [-0.2, -0.15) is 0 Å². The second kappa shape index (κ2) is 6.29. The first-order valence-corrected chi connectivity index (χ1v) is 8.33. The zero-order valence-electron chi connectivity index (χ0n) is 15.4. The first-order valence-electron chi connectivity index (χ1n) is 8.33. The fourth-order valence-corrected chi connectivity index (χ4v) is 2.64. The van der Waals surface area contributed by atoms with Gasteiger partial charge >= 0.3 is 0 Å². The molecule has 26 heavy (non-hydrogen) atoms. The fourth-order valence-electron chi connectivity index (χ4n) is 2.64. The van der Waals surface area contributed by atoms with E-state index in [1.807, 2.05) is 32.9 Å². The van der Waals surface area contributed by atoms with Crippen molar-refractivity contribution in [2.45, 2.75) is 33.1 Å². The van der Waals surface area contributed by atoms with Crippen LogP contribution in [0, 0.1) is 0 Å². The zero-order chi connectivity index (χ0) is 19.1. The second-order valence-electron chi connectivity index (χ2n) is 7.35. The van der Waals surface area contributed by atoms with Gasteiger partial charge in [0.2, 0.25) is 0 Å². The number of aromatic hydroxyl groups is 1. The van der Waals surface area contributed by atoms with Crippen LogP contribution in [0.15, 0.2) is 48.6 Å². The first-order chi connectivity index (χ1) is 12.2. The van der Waals surface area contributed by atoms with Crippen molar-refractivity contribution >= 4 is 22.6 Å². The number of hydrogen-bond acceptors (Lipinski definition) is 4. The van der Waals surface area contributed by atoms with Crippen molar-refractivity contribution in [2.75, 3.05) is 5.32 Å². The first kappa shape index (κ1) is 17.7. The van der Waals surface area contributed by atoms with Gasteiger partial charge in [0.25, 0.3) is 5.91 Å². The third kappa shape index (κ3) is 3.31. The number of carbonyl (C=O) groups excluding carboxylic acids is 1. The number of hydrogen-bond donors (Lipinski definition) is 2. The number of nitrogens with one attached hydrogen (secondary N) is 1. The van der Waals surface area contributed by atoms with E-state index in [0.717, 1.165) is 5.56 Å². The monoisotopic (exact) mass is 350 g/mol. The van der Waals surface area contributed by atoms with Crippen LogP contribution in [0.3, 0.4) is 0 Å². The SMILES string of the molecule is C=C(C)C(=O)Nc1ccc2nn(-c3cccc(C(C)(C)C)c3O)nc2c1. The lowest BCUT2D eigenvalue weighted by molar-refractivity contribution is -0.112. The molecule has 3 aromatic rings. The second-order valence-corrected chi connectivity index (χ2v) is 7.35. The van der Waals surface area contributed by atoms with E-state index in [4.69, 9.17) is 0 Å². The summed E-state index contributed by atoms with van der Waals surface area (Å²) in [5.41, 5.74) is 3.46. The number of carbonyl (C=O) groups is 1. The van der Waals surface area contributed by atoms with E-state index in [2.05, 4.69) is 22.1 Å². The molecule has 3 rings (SSSR count). The van der Waals surface area contributed by atoms with Crippen molar-refractivity contribution in [3.05, 3.63) is 54.1 Å². The molecule has 0 aliphatic rings. The summed E-state index contributed by atoms with van der Waals surface area (Å²) in [6, 6.07) is 10.8. The Hall–Kier alpha value is -3.15. The average molecular weight is 350 g/mol. The molecule has 1 heterocycles. The quantitative estimate of drug-likeness (QED) is 0.701. The lowest BCUT2D eigenvalue weighted by Crippen LogP contribution is -2.12. The molecule has 1 amide bonds. The number of phenols is 1. The van der Waals surface area contributed by atoms with Crippen LogP contribution in [0.2, 0.25) is 0 Å². The lowest BCUT2D eigenvalue weighted by Gasteiger charge is -2.21. The van der Waals surface area contributed by atoms with Crippen LogP contribution < -0.4 is 5.32 Å². The molecule has 1 aromatic heterocycles. The molecule has 0 bridgehead atoms. The van der Waals surface area contributed by atoms with Crippen molar-refractivity contribution in [1.29, 1.82) is 0 Å². The Labute approximate surface area is 152 Å². The smallest absolute Gasteiger partial charge is 0.250 e. The maximum Gasteiger partial charge on any atom is 0.250 e. The molecule has 134 valence electrons. The highest BCUT2D eigenvalue weighted by molar-refractivity contribution is 6.03. The molecule has 0 unspecified atom stereocenters. The van der Waals surface area contributed by atoms with Crippen LogP contribution in [0.5, 0.6) is 5.75 Å². The van der Waals surface area contributed by atoms with Crippen LogP contribution >= 0.6 is 0 Å². The Morgan fingerprint density at radius 1 is 1.15 bits per heavy atom. The van der Waals surface area contributed by atoms with Crippen LogP contribution in [0.4, 0.5) is 5.69 Å². The summed E-state index contributed by atoms with van der Waals surface area (Å²) in [6.45, 7) is 11.4. The number of benzene rings is 2. The van der Waals surface area contributed by atoms with E-state index >= 15 is 0 Å². The standard InChI is InChI=1S/C20H22N4O2/c1-12(2)19(26)21-13-9-10-15-16(11-13)23-24(22-15)17-8-6-7-14(18(17)25)20(3,4)5/h6-11,25H,1H2,2-5H3,(H,21,26). The molecule has 0 aliphatic heterocycles. The molecule has 0 saturated heterocycles. The van der Waals surface area contributed by atoms with Gasteiger partial charge in [0.1, 0.15) is 22.5 Å². The Bertz CT molecular complexity index is 1010. The maximum absolute atomic E-state index is 11.8. The third-order valence-corrected chi connectivity index (χ3v) is 4.06. The summed E-state index contributed by atoms with van der Waals surface area (Å²) in [5, 5.41) is 22.3. The van der Waals surface area contributed by atoms with E-state index < -0.39 is 0 Å². The van der Waals surface area contributed by atoms with Gasteiger partial charge in [0, 0.05) is 16.8 Å². The van der Waals surface area contributed by atoms with Crippen LogP contribution in [0.25, 0.3) is 16.7 Å². The summed E-state index contributed by atoms with van der Waals surface area (Å²) in [6.07, 6.45) is 0. The van der Waals surface area contributed by atoms with Gasteiger partial charge in [0.05, 0.1) is 0 Å². The number of phenolic OH excluding ortho intramolecular Hbond substituents is 1. The Kier molecular flexibility index (Phi) is 4.28. The van der Waals surface area contributed by atoms with E-state index in [1.165, 1.54) is 4.80 Å². The normalized spacial score (nSPS) is 11.5. The van der Waals surface area contributed by atoms with E-state index in [0.29, 0.717) is 28.0 Å². The van der Waals surface area contributed by atoms with Gasteiger partial charge < -0.3 is 10.4 Å². The Balaban J connectivity index is 2.03. The fraction of sp³-hybridized carbons (Fsp3) is 0.250. The van der Waals surface area contributed by atoms with Crippen molar-refractivity contribution in [1.82, 2.24) is 15.0 Å². The number of nitrogens with zero attached hydrogens (tertiary/aromatic N) is 3. The molecule has 6 nitrogen and oxygen atoms in total. The number of anilines is 1. The molecule has 0 spiro atoms. The summed E-state index contributed by atoms with van der Waals surface area (Å²) in [7, 11) is 0. The summed E-state index contributed by atoms with van der Waals surface area (Å²) in [5.74, 6) is -0.0802. The Morgan fingerprint density at radius 2 is 1.85 bits per heavy atom. The summed E-state index contributed by atoms with van der Waals surface area (Å²) in [4.78, 5) is 13.2. The minimum atomic E-state index is -0.243. The van der Waals surface area contributed by atoms with Crippen molar-refractivity contribution < 1.29 is 9.90 Å². The van der Waals surface area contributed by atoms with Gasteiger partial charge in [-0.3, -0.25) is 4.79 Å². The number of fused-ring (bicyclic) bond motifs is 1. The molecule has 0 fully saturated rings. The Morgan fingerprint density at radius 3 is 2.50 bits per heavy atom. The molecule has 0 saturated carbocycles. The van der Waals surface area contributed by atoms with Gasteiger partial charge in [-0.15, -0.1) is 15.0 Å². The van der Waals surface area contributed by atoms with Crippen molar-refractivity contribution in [2.24, 2.45) is 0 Å². The molecular weight excluding hydrogens is 328 g/mol. The highest BCUT2D eigenvalue weighted by Crippen LogP contribution is 2.34. The number of para-hydroxylation sites is 1. The summed E-state index contributed by atoms with van der Waals surface area (Å²) < 4.78 is 0. The molecule has 0 atom stereocenters. The van der Waals surface area contributed by atoms with Crippen molar-refractivity contribution in [3.8, 4) is 11.4 Å². The van der Waals surface area contributed by atoms with Crippen LogP contribution in [-0.4, -0.2) is 26.0 Å². The lowest BCUT2D eigenvalue weighted by atomic mass is 9.86. The average Bonchev–Trinajstić information content (AvgIpc) is 2.96. The minimum Gasteiger partial charge on any atom is -0.505 e. The topological polar surface area (TPSA) is 80.0 Å². The molecule has 0 aliphatic carbocycles. The van der Waals surface area contributed by atoms with Gasteiger partial charge in [-0.05, 0) is 36.6 Å². The van der Waals surface area contributed by atoms with Gasteiger partial charge in [0.15, 0.2) is 0 Å². The zero-order valence-corrected chi connectivity index (χ0v) is 15.4. The number of rotatable bonds is 3. The molecule has 6 heteroatoms. The molecule has 0 radical (unpaired) electrons. The predicted octanol–water partition coefficient (Wildman–Crippen LogP) is 3.94. The van der Waals surface area contributed by atoms with Crippen molar-refractivity contribution in [3.63, 3.8) is 0 Å². The van der Waals surface area contributed by atoms with E-state index in [9.17, 15) is 9.90 Å². The largest absolute Gasteiger partial charge is 0.505 e. The van der Waals surface area contributed by atoms with E-state index in [1.54, 1.807) is 31.2 Å². The number of amides is 1. The summed E-state index contributed by atoms with van der Waals surface area (Å²) >= 11 is 0. The minimum absolute atomic E-state index is 0.163. The molecule has 2 N–H and O–H groups in total. The predicted molar refractivity (Wildman–Crippen MR) is 103 cm³/mol. The van der Waals surface area contributed by atoms with Gasteiger partial charge in [-0.1, -0.05) is 39.5 Å². The van der Waals surface area contributed by atoms with Gasteiger partial charge in [-0.25, -0.2) is 0 Å². The highest BCUT2D eigenvalue weighted by Gasteiger charge is 2.21. The molecular formula is C20H22N4O2. The highest BCUT2D eigenvalue weighted by atomic mass is 16.3. The van der Waals surface area contributed by atoms with Crippen LogP contribution in [0.1, 0.15) is 33.3 Å². The maximum atomic E-state index is 11.8.